The Morgan fingerprint density at radius 1 is 0.927 bits per heavy atom. The van der Waals surface area contributed by atoms with Crippen molar-refractivity contribution in [3.63, 3.8) is 0 Å². The average Bonchev–Trinajstić information content (AvgIpc) is 3.08. The molecule has 1 unspecified atom stereocenters. The van der Waals surface area contributed by atoms with Crippen LogP contribution in [0.15, 0.2) is 65.6 Å². The molecule has 0 aromatic heterocycles. The molecule has 41 heavy (non-hydrogen) atoms. The number of hydrogen-bond donors (Lipinski definition) is 1. The zero-order valence-electron chi connectivity index (χ0n) is 25.3. The number of ether oxygens (including phenoxy) is 2. The minimum Gasteiger partial charge on any atom is -0.482 e. The fourth-order valence-electron chi connectivity index (χ4n) is 5.21. The molecule has 0 bridgehead atoms. The van der Waals surface area contributed by atoms with Crippen molar-refractivity contribution in [1.82, 2.24) is 4.72 Å². The Morgan fingerprint density at radius 2 is 1.63 bits per heavy atom. The zero-order chi connectivity index (χ0) is 30.0. The molecule has 0 saturated carbocycles. The molecule has 0 heterocycles. The minimum atomic E-state index is -3.78. The van der Waals surface area contributed by atoms with Crippen LogP contribution < -0.4 is 9.46 Å². The van der Waals surface area contributed by atoms with Crippen molar-refractivity contribution in [2.75, 3.05) is 6.61 Å². The van der Waals surface area contributed by atoms with Crippen LogP contribution in [0.25, 0.3) is 11.1 Å². The third-order valence-electron chi connectivity index (χ3n) is 7.22. The summed E-state index contributed by atoms with van der Waals surface area (Å²) in [5.74, 6) is 0.154. The van der Waals surface area contributed by atoms with Gasteiger partial charge in [0, 0.05) is 6.04 Å². The van der Waals surface area contributed by atoms with Crippen molar-refractivity contribution >= 4 is 16.0 Å². The number of hydrogen-bond acceptors (Lipinski definition) is 5. The number of nitrogens with one attached hydrogen (secondary N) is 1. The Morgan fingerprint density at radius 3 is 2.29 bits per heavy atom. The number of benzene rings is 3. The highest BCUT2D eigenvalue weighted by atomic mass is 32.2. The Bertz CT molecular complexity index is 1500. The molecule has 0 spiro atoms. The topological polar surface area (TPSA) is 81.7 Å². The molecule has 1 aliphatic carbocycles. The van der Waals surface area contributed by atoms with Gasteiger partial charge in [-0.15, -0.1) is 0 Å². The van der Waals surface area contributed by atoms with E-state index in [0.717, 1.165) is 41.5 Å². The minimum absolute atomic E-state index is 0.0175. The van der Waals surface area contributed by atoms with Crippen LogP contribution >= 0.6 is 0 Å². The van der Waals surface area contributed by atoms with Crippen LogP contribution in [0.3, 0.4) is 0 Å². The van der Waals surface area contributed by atoms with Crippen LogP contribution in [0.5, 0.6) is 5.75 Å². The first-order valence-corrected chi connectivity index (χ1v) is 15.8. The smallest absolute Gasteiger partial charge is 0.344 e. The lowest BCUT2D eigenvalue weighted by molar-refractivity contribution is -0.157. The summed E-state index contributed by atoms with van der Waals surface area (Å²) in [6, 6.07) is 18.8. The van der Waals surface area contributed by atoms with Gasteiger partial charge in [-0.05, 0) is 98.4 Å². The zero-order valence-corrected chi connectivity index (χ0v) is 26.2. The maximum atomic E-state index is 13.5. The summed E-state index contributed by atoms with van der Waals surface area (Å²) in [6.45, 7) is 13.9. The fourth-order valence-corrected chi connectivity index (χ4v) is 6.46. The van der Waals surface area contributed by atoms with Crippen LogP contribution in [-0.2, 0) is 31.4 Å². The third kappa shape index (κ3) is 7.98. The molecule has 1 N–H and O–H groups in total. The van der Waals surface area contributed by atoms with Crippen molar-refractivity contribution in [3.8, 4) is 16.9 Å². The van der Waals surface area contributed by atoms with E-state index in [0.29, 0.717) is 12.2 Å². The van der Waals surface area contributed by atoms with Crippen molar-refractivity contribution in [3.05, 3.63) is 82.9 Å². The second-order valence-electron chi connectivity index (χ2n) is 13.0. The second kappa shape index (κ2) is 12.0. The van der Waals surface area contributed by atoms with E-state index < -0.39 is 27.6 Å². The van der Waals surface area contributed by atoms with E-state index in [1.807, 2.05) is 51.1 Å². The lowest BCUT2D eigenvalue weighted by atomic mass is 9.84. The normalized spacial score (nSPS) is 16.0. The van der Waals surface area contributed by atoms with E-state index in [2.05, 4.69) is 50.6 Å². The monoisotopic (exact) mass is 577 g/mol. The third-order valence-corrected chi connectivity index (χ3v) is 8.71. The molecule has 6 nitrogen and oxygen atoms in total. The molecule has 7 heteroatoms. The molecular weight excluding hydrogens is 534 g/mol. The average molecular weight is 578 g/mol. The van der Waals surface area contributed by atoms with Gasteiger partial charge < -0.3 is 9.47 Å². The molecule has 220 valence electrons. The predicted octanol–water partition coefficient (Wildman–Crippen LogP) is 7.43. The van der Waals surface area contributed by atoms with Crippen LogP contribution in [-0.4, -0.2) is 26.6 Å². The second-order valence-corrected chi connectivity index (χ2v) is 14.7. The molecule has 1 aliphatic rings. The lowest BCUT2D eigenvalue weighted by Gasteiger charge is -2.22. The quantitative estimate of drug-likeness (QED) is 0.233. The van der Waals surface area contributed by atoms with Gasteiger partial charge >= 0.3 is 5.97 Å². The summed E-state index contributed by atoms with van der Waals surface area (Å²) in [5.41, 5.74) is 5.71. The van der Waals surface area contributed by atoms with Crippen molar-refractivity contribution in [1.29, 1.82) is 0 Å². The van der Waals surface area contributed by atoms with E-state index in [1.54, 1.807) is 12.1 Å². The first kappa shape index (κ1) is 30.8. The Kier molecular flexibility index (Phi) is 9.00. The molecule has 0 saturated heterocycles. The Labute approximate surface area is 245 Å². The molecule has 3 aromatic carbocycles. The highest BCUT2D eigenvalue weighted by molar-refractivity contribution is 7.89. The fraction of sp³-hybridized carbons (Fsp3) is 0.441. The van der Waals surface area contributed by atoms with Crippen LogP contribution in [0.2, 0.25) is 0 Å². The number of esters is 1. The number of carbonyl (C=O) groups excluding carboxylic acids is 1. The molecule has 0 amide bonds. The summed E-state index contributed by atoms with van der Waals surface area (Å²) in [7, 11) is -3.78. The molecule has 1 atom stereocenters. The highest BCUT2D eigenvalue weighted by Gasteiger charge is 2.27. The van der Waals surface area contributed by atoms with Crippen LogP contribution in [0.4, 0.5) is 0 Å². The summed E-state index contributed by atoms with van der Waals surface area (Å²) in [5, 5.41) is 0. The summed E-state index contributed by atoms with van der Waals surface area (Å²) < 4.78 is 41.3. The Balaban J connectivity index is 1.54. The molecule has 4 rings (SSSR count). The maximum Gasteiger partial charge on any atom is 0.344 e. The largest absolute Gasteiger partial charge is 0.482 e. The van der Waals surface area contributed by atoms with E-state index in [4.69, 9.17) is 9.47 Å². The molecule has 0 aliphatic heterocycles. The summed E-state index contributed by atoms with van der Waals surface area (Å²) in [4.78, 5) is 12.5. The number of aryl methyl sites for hydroxylation is 1. The van der Waals surface area contributed by atoms with Gasteiger partial charge in [0.15, 0.2) is 6.61 Å². The molecule has 0 radical (unpaired) electrons. The van der Waals surface area contributed by atoms with Crippen molar-refractivity contribution in [2.24, 2.45) is 0 Å². The molecule has 0 fully saturated rings. The van der Waals surface area contributed by atoms with Gasteiger partial charge in [-0.25, -0.2) is 17.9 Å². The number of sulfonamides is 1. The van der Waals surface area contributed by atoms with Gasteiger partial charge in [0.2, 0.25) is 10.0 Å². The number of carbonyl (C=O) groups is 1. The van der Waals surface area contributed by atoms with Crippen LogP contribution in [0.1, 0.15) is 89.1 Å². The lowest BCUT2D eigenvalue weighted by Crippen LogP contribution is -2.29. The first-order valence-electron chi connectivity index (χ1n) is 14.3. The van der Waals surface area contributed by atoms with Gasteiger partial charge in [-0.3, -0.25) is 0 Å². The van der Waals surface area contributed by atoms with Crippen LogP contribution in [0, 0.1) is 6.92 Å². The summed E-state index contributed by atoms with van der Waals surface area (Å²) in [6.07, 6.45) is 3.20. The highest BCUT2D eigenvalue weighted by Crippen LogP contribution is 2.36. The number of rotatable bonds is 7. The van der Waals surface area contributed by atoms with E-state index in [1.165, 1.54) is 11.1 Å². The number of fused-ring (bicyclic) bond motifs is 1. The van der Waals surface area contributed by atoms with Gasteiger partial charge in [0.05, 0.1) is 4.90 Å². The maximum absolute atomic E-state index is 13.5. The predicted molar refractivity (Wildman–Crippen MR) is 164 cm³/mol. The van der Waals surface area contributed by atoms with Gasteiger partial charge in [-0.1, -0.05) is 75.2 Å². The van der Waals surface area contributed by atoms with E-state index in [-0.39, 0.29) is 16.9 Å². The van der Waals surface area contributed by atoms with Crippen molar-refractivity contribution in [2.45, 2.75) is 96.1 Å². The van der Waals surface area contributed by atoms with Crippen molar-refractivity contribution < 1.29 is 22.7 Å². The molecular formula is C34H43NO5S. The standard InChI is InChI=1S/C34H43NO5S/c1-23-19-25(21-26(20-23)33(2,3)4)24-15-17-27(18-16-24)41(37,38)35-30-13-9-8-11-29-28(30)12-10-14-31(29)39-22-32(36)40-34(5,6)7/h10,12,14-21,30,35H,8-9,11,13,22H2,1-7H3. The van der Waals surface area contributed by atoms with Gasteiger partial charge in [0.25, 0.3) is 0 Å². The Hall–Kier alpha value is -3.16. The molecule has 3 aromatic rings. The van der Waals surface area contributed by atoms with E-state index >= 15 is 0 Å². The first-order chi connectivity index (χ1) is 19.1. The summed E-state index contributed by atoms with van der Waals surface area (Å²) >= 11 is 0. The van der Waals surface area contributed by atoms with Gasteiger partial charge in [-0.2, -0.15) is 0 Å². The SMILES string of the molecule is Cc1cc(-c2ccc(S(=O)(=O)NC3CCCCc4c(OCC(=O)OC(C)(C)C)cccc43)cc2)cc(C(C)(C)C)c1. The van der Waals surface area contributed by atoms with E-state index in [9.17, 15) is 13.2 Å². The van der Waals surface area contributed by atoms with Gasteiger partial charge in [0.1, 0.15) is 11.4 Å².